The Kier molecular flexibility index (Phi) is 10.3. The minimum absolute atomic E-state index is 0. The number of carbonyl (C=O) groups is 1. The van der Waals surface area contributed by atoms with Crippen LogP contribution < -0.4 is 15.5 Å². The lowest BCUT2D eigenvalue weighted by molar-refractivity contribution is -0.143. The fourth-order valence-electron chi connectivity index (χ4n) is 2.93. The highest BCUT2D eigenvalue weighted by Gasteiger charge is 2.27. The van der Waals surface area contributed by atoms with E-state index < -0.39 is 11.6 Å². The molecule has 152 valence electrons. The number of carbonyl (C=O) groups excluding carboxylic acids is 1. The summed E-state index contributed by atoms with van der Waals surface area (Å²) in [6.45, 7) is 3.80. The van der Waals surface area contributed by atoms with Gasteiger partial charge in [-0.05, 0) is 31.9 Å². The molecule has 1 aliphatic rings. The second-order valence-corrected chi connectivity index (χ2v) is 6.05. The summed E-state index contributed by atoms with van der Waals surface area (Å²) in [4.78, 5) is 17.2. The molecular weight excluding hydrogens is 469 g/mol. The smallest absolute Gasteiger partial charge is 0.305 e. The molecule has 1 aromatic rings. The van der Waals surface area contributed by atoms with Crippen molar-refractivity contribution in [3.05, 3.63) is 29.8 Å². The van der Waals surface area contributed by atoms with E-state index in [0.717, 1.165) is 6.42 Å². The monoisotopic (exact) mass is 496 g/mol. The standard InChI is InChI=1S/C18H26F2N4O2.HI/c1-3-26-16(25)8-5-10-22-18(21-2)23-13-9-11-24(12-13)17-14(19)6-4-7-15(17)20;/h4,6-7,13H,3,5,8-12H2,1-2H3,(H2,21,22,23);1H. The summed E-state index contributed by atoms with van der Waals surface area (Å²) in [5.74, 6) is -0.704. The molecule has 0 spiro atoms. The van der Waals surface area contributed by atoms with Crippen molar-refractivity contribution in [2.45, 2.75) is 32.2 Å². The van der Waals surface area contributed by atoms with E-state index in [2.05, 4.69) is 15.6 Å². The Bertz CT molecular complexity index is 626. The minimum atomic E-state index is -0.549. The van der Waals surface area contributed by atoms with Crippen LogP contribution in [0.5, 0.6) is 0 Å². The Hall–Kier alpha value is -1.65. The number of halogens is 3. The van der Waals surface area contributed by atoms with E-state index in [-0.39, 0.29) is 41.7 Å². The van der Waals surface area contributed by atoms with Gasteiger partial charge in [0.15, 0.2) is 5.96 Å². The van der Waals surface area contributed by atoms with Crippen LogP contribution in [0.25, 0.3) is 0 Å². The predicted molar refractivity (Wildman–Crippen MR) is 113 cm³/mol. The van der Waals surface area contributed by atoms with Gasteiger partial charge in [-0.25, -0.2) is 8.78 Å². The number of guanidine groups is 1. The third kappa shape index (κ3) is 7.11. The van der Waals surface area contributed by atoms with Gasteiger partial charge in [-0.1, -0.05) is 6.07 Å². The lowest BCUT2D eigenvalue weighted by atomic mass is 10.2. The predicted octanol–water partition coefficient (Wildman–Crippen LogP) is 2.67. The van der Waals surface area contributed by atoms with Gasteiger partial charge in [-0.15, -0.1) is 24.0 Å². The molecule has 1 atom stereocenters. The first-order valence-electron chi connectivity index (χ1n) is 8.87. The summed E-state index contributed by atoms with van der Waals surface area (Å²) in [5, 5.41) is 6.39. The first kappa shape index (κ1) is 23.4. The molecule has 0 amide bonds. The molecule has 2 rings (SSSR count). The molecule has 1 fully saturated rings. The number of nitrogens with zero attached hydrogens (tertiary/aromatic N) is 2. The van der Waals surface area contributed by atoms with Gasteiger partial charge in [0.25, 0.3) is 0 Å². The molecule has 0 radical (unpaired) electrons. The van der Waals surface area contributed by atoms with Gasteiger partial charge in [0.2, 0.25) is 0 Å². The van der Waals surface area contributed by atoms with Crippen LogP contribution >= 0.6 is 24.0 Å². The van der Waals surface area contributed by atoms with Crippen LogP contribution in [0, 0.1) is 11.6 Å². The largest absolute Gasteiger partial charge is 0.466 e. The van der Waals surface area contributed by atoms with Crippen molar-refractivity contribution >= 4 is 41.6 Å². The number of esters is 1. The summed E-state index contributed by atoms with van der Waals surface area (Å²) in [6.07, 6.45) is 1.73. The van der Waals surface area contributed by atoms with E-state index in [1.165, 1.54) is 18.2 Å². The van der Waals surface area contributed by atoms with Crippen LogP contribution in [0.4, 0.5) is 14.5 Å². The van der Waals surface area contributed by atoms with Crippen LogP contribution in [0.3, 0.4) is 0 Å². The molecule has 1 unspecified atom stereocenters. The Balaban J connectivity index is 0.00000364. The van der Waals surface area contributed by atoms with E-state index >= 15 is 0 Å². The Morgan fingerprint density at radius 2 is 2.07 bits per heavy atom. The van der Waals surface area contributed by atoms with Crippen molar-refractivity contribution in [2.24, 2.45) is 4.99 Å². The van der Waals surface area contributed by atoms with Gasteiger partial charge in [0, 0.05) is 39.1 Å². The molecule has 9 heteroatoms. The molecule has 0 aliphatic carbocycles. The fraction of sp³-hybridized carbons (Fsp3) is 0.556. The number of rotatable bonds is 7. The maximum Gasteiger partial charge on any atom is 0.305 e. The highest BCUT2D eigenvalue weighted by Crippen LogP contribution is 2.26. The van der Waals surface area contributed by atoms with Gasteiger partial charge in [-0.2, -0.15) is 0 Å². The Morgan fingerprint density at radius 1 is 1.37 bits per heavy atom. The summed E-state index contributed by atoms with van der Waals surface area (Å²) < 4.78 is 32.7. The van der Waals surface area contributed by atoms with Crippen molar-refractivity contribution < 1.29 is 18.3 Å². The summed E-state index contributed by atoms with van der Waals surface area (Å²) in [5.41, 5.74) is 0.0224. The average Bonchev–Trinajstić information content (AvgIpc) is 3.05. The normalized spacial score (nSPS) is 16.7. The zero-order valence-electron chi connectivity index (χ0n) is 15.6. The second-order valence-electron chi connectivity index (χ2n) is 6.05. The van der Waals surface area contributed by atoms with Gasteiger partial charge in [-0.3, -0.25) is 9.79 Å². The summed E-state index contributed by atoms with van der Waals surface area (Å²) in [6, 6.07) is 3.93. The number of para-hydroxylation sites is 1. The lowest BCUT2D eigenvalue weighted by Gasteiger charge is -2.21. The van der Waals surface area contributed by atoms with Crippen molar-refractivity contribution in [2.75, 3.05) is 38.2 Å². The molecule has 1 aliphatic heterocycles. The molecule has 1 heterocycles. The lowest BCUT2D eigenvalue weighted by Crippen LogP contribution is -2.45. The van der Waals surface area contributed by atoms with Gasteiger partial charge >= 0.3 is 5.97 Å². The van der Waals surface area contributed by atoms with Crippen LogP contribution in [0.2, 0.25) is 0 Å². The van der Waals surface area contributed by atoms with Gasteiger partial charge in [0.05, 0.1) is 6.61 Å². The zero-order valence-corrected chi connectivity index (χ0v) is 18.0. The van der Waals surface area contributed by atoms with Crippen molar-refractivity contribution in [1.29, 1.82) is 0 Å². The van der Waals surface area contributed by atoms with Gasteiger partial charge < -0.3 is 20.3 Å². The number of nitrogens with one attached hydrogen (secondary N) is 2. The summed E-state index contributed by atoms with van der Waals surface area (Å²) >= 11 is 0. The van der Waals surface area contributed by atoms with E-state index in [9.17, 15) is 13.6 Å². The molecule has 1 saturated heterocycles. The van der Waals surface area contributed by atoms with E-state index in [4.69, 9.17) is 4.74 Å². The molecule has 0 bridgehead atoms. The quantitative estimate of drug-likeness (QED) is 0.200. The van der Waals surface area contributed by atoms with E-state index in [1.54, 1.807) is 18.9 Å². The number of aliphatic imine (C=N–C) groups is 1. The third-order valence-electron chi connectivity index (χ3n) is 4.16. The average molecular weight is 496 g/mol. The number of ether oxygens (including phenoxy) is 1. The minimum Gasteiger partial charge on any atom is -0.466 e. The van der Waals surface area contributed by atoms with Crippen LogP contribution in [-0.2, 0) is 9.53 Å². The van der Waals surface area contributed by atoms with E-state index in [1.807, 2.05) is 0 Å². The summed E-state index contributed by atoms with van der Waals surface area (Å²) in [7, 11) is 1.66. The van der Waals surface area contributed by atoms with Crippen molar-refractivity contribution in [3.8, 4) is 0 Å². The third-order valence-corrected chi connectivity index (χ3v) is 4.16. The highest BCUT2D eigenvalue weighted by molar-refractivity contribution is 14.0. The molecule has 2 N–H and O–H groups in total. The van der Waals surface area contributed by atoms with Crippen LogP contribution in [-0.4, -0.2) is 51.3 Å². The number of anilines is 1. The highest BCUT2D eigenvalue weighted by atomic mass is 127. The van der Waals surface area contributed by atoms with Crippen molar-refractivity contribution in [3.63, 3.8) is 0 Å². The van der Waals surface area contributed by atoms with Gasteiger partial charge in [0.1, 0.15) is 17.3 Å². The maximum atomic E-state index is 13.9. The number of benzene rings is 1. The van der Waals surface area contributed by atoms with E-state index in [0.29, 0.717) is 45.0 Å². The number of hydrogen-bond donors (Lipinski definition) is 2. The van der Waals surface area contributed by atoms with Crippen LogP contribution in [0.1, 0.15) is 26.2 Å². The Labute approximate surface area is 175 Å². The SMILES string of the molecule is CCOC(=O)CCCNC(=NC)NC1CCN(c2c(F)cccc2F)C1.I. The first-order chi connectivity index (χ1) is 12.5. The Morgan fingerprint density at radius 3 is 2.70 bits per heavy atom. The van der Waals surface area contributed by atoms with Crippen LogP contribution in [0.15, 0.2) is 23.2 Å². The number of hydrogen-bond acceptors (Lipinski definition) is 4. The molecule has 1 aromatic carbocycles. The molecule has 27 heavy (non-hydrogen) atoms. The van der Waals surface area contributed by atoms with Crippen molar-refractivity contribution in [1.82, 2.24) is 10.6 Å². The molecule has 6 nitrogen and oxygen atoms in total. The topological polar surface area (TPSA) is 66.0 Å². The molecular formula is C18H27F2IN4O2. The zero-order chi connectivity index (χ0) is 18.9. The molecule has 0 saturated carbocycles. The second kappa shape index (κ2) is 11.9. The first-order valence-corrected chi connectivity index (χ1v) is 8.87. The maximum absolute atomic E-state index is 13.9. The fourth-order valence-corrected chi connectivity index (χ4v) is 2.93. The molecule has 0 aromatic heterocycles.